The fourth-order valence-corrected chi connectivity index (χ4v) is 5.81. The molecule has 0 spiro atoms. The maximum absolute atomic E-state index is 14.0. The standard InChI is InChI=1S/C28H19F2N3O3S2/c29-20-13-11-18(12-14-20)24-23(22(34)15-10-17-6-2-1-3-7-17)25(35)26(36)33(24)27-31-32-28(38-27)37-16-19-8-4-5-9-21(19)30/h1-15,24,35H,16H2/b15-10+. The molecule has 1 N–H and O–H groups in total. The van der Waals surface area contributed by atoms with Crippen molar-refractivity contribution in [3.8, 4) is 0 Å². The van der Waals surface area contributed by atoms with Crippen molar-refractivity contribution >= 4 is 46.0 Å². The number of rotatable bonds is 8. The van der Waals surface area contributed by atoms with Gasteiger partial charge in [0.05, 0.1) is 11.6 Å². The summed E-state index contributed by atoms with van der Waals surface area (Å²) in [7, 11) is 0. The number of benzene rings is 3. The van der Waals surface area contributed by atoms with E-state index in [0.29, 0.717) is 21.2 Å². The number of hydrogen-bond acceptors (Lipinski definition) is 7. The molecule has 1 aromatic heterocycles. The highest BCUT2D eigenvalue weighted by Gasteiger charge is 2.45. The minimum Gasteiger partial charge on any atom is -0.503 e. The van der Waals surface area contributed by atoms with Gasteiger partial charge in [-0.3, -0.25) is 14.5 Å². The molecule has 10 heteroatoms. The van der Waals surface area contributed by atoms with Crippen molar-refractivity contribution in [1.29, 1.82) is 0 Å². The molecular formula is C28H19F2N3O3S2. The number of anilines is 1. The molecule has 1 amide bonds. The van der Waals surface area contributed by atoms with Crippen LogP contribution in [-0.4, -0.2) is 27.0 Å². The minimum absolute atomic E-state index is 0.141. The van der Waals surface area contributed by atoms with Crippen LogP contribution in [0, 0.1) is 11.6 Å². The van der Waals surface area contributed by atoms with Crippen LogP contribution < -0.4 is 4.90 Å². The van der Waals surface area contributed by atoms with E-state index in [1.165, 1.54) is 53.1 Å². The highest BCUT2D eigenvalue weighted by atomic mass is 32.2. The number of amides is 1. The van der Waals surface area contributed by atoms with Crippen molar-refractivity contribution in [2.45, 2.75) is 16.1 Å². The van der Waals surface area contributed by atoms with E-state index in [9.17, 15) is 23.5 Å². The smallest absolute Gasteiger partial charge is 0.296 e. The van der Waals surface area contributed by atoms with E-state index < -0.39 is 29.3 Å². The van der Waals surface area contributed by atoms with Gasteiger partial charge in [-0.2, -0.15) is 0 Å². The van der Waals surface area contributed by atoms with Crippen LogP contribution in [-0.2, 0) is 15.3 Å². The number of thioether (sulfide) groups is 1. The fraction of sp³-hybridized carbons (Fsp3) is 0.0714. The zero-order valence-corrected chi connectivity index (χ0v) is 21.3. The Hall–Kier alpha value is -4.15. The van der Waals surface area contributed by atoms with Crippen molar-refractivity contribution in [1.82, 2.24) is 10.2 Å². The number of halogens is 2. The largest absolute Gasteiger partial charge is 0.503 e. The van der Waals surface area contributed by atoms with E-state index in [1.54, 1.807) is 24.3 Å². The first-order valence-electron chi connectivity index (χ1n) is 11.4. The first-order valence-corrected chi connectivity index (χ1v) is 13.2. The van der Waals surface area contributed by atoms with Crippen molar-refractivity contribution in [2.75, 3.05) is 4.90 Å². The van der Waals surface area contributed by atoms with Gasteiger partial charge in [0, 0.05) is 5.75 Å². The molecule has 0 saturated heterocycles. The van der Waals surface area contributed by atoms with Crippen molar-refractivity contribution in [3.05, 3.63) is 125 Å². The molecular weight excluding hydrogens is 528 g/mol. The quantitative estimate of drug-likeness (QED) is 0.159. The van der Waals surface area contributed by atoms with Gasteiger partial charge in [-0.05, 0) is 41.0 Å². The van der Waals surface area contributed by atoms with Gasteiger partial charge in [0.2, 0.25) is 5.13 Å². The zero-order chi connectivity index (χ0) is 26.6. The molecule has 190 valence electrons. The lowest BCUT2D eigenvalue weighted by Gasteiger charge is -2.23. The molecule has 38 heavy (non-hydrogen) atoms. The molecule has 1 aliphatic heterocycles. The Kier molecular flexibility index (Phi) is 7.43. The molecule has 0 saturated carbocycles. The Balaban J connectivity index is 1.46. The number of carbonyl (C=O) groups excluding carboxylic acids is 2. The number of allylic oxidation sites excluding steroid dienone is 1. The van der Waals surface area contributed by atoms with Crippen molar-refractivity contribution < 1.29 is 23.5 Å². The molecule has 3 aromatic carbocycles. The lowest BCUT2D eigenvalue weighted by atomic mass is 9.96. The molecule has 5 rings (SSSR count). The first-order chi connectivity index (χ1) is 18.4. The second kappa shape index (κ2) is 11.1. The van der Waals surface area contributed by atoms with Gasteiger partial charge in [0.15, 0.2) is 15.9 Å². The zero-order valence-electron chi connectivity index (χ0n) is 19.6. The summed E-state index contributed by atoms with van der Waals surface area (Å²) < 4.78 is 28.2. The average molecular weight is 548 g/mol. The van der Waals surface area contributed by atoms with Gasteiger partial charge in [0.25, 0.3) is 5.91 Å². The summed E-state index contributed by atoms with van der Waals surface area (Å²) in [5, 5.41) is 19.2. The van der Waals surface area contributed by atoms with Gasteiger partial charge >= 0.3 is 0 Å². The minimum atomic E-state index is -1.05. The highest BCUT2D eigenvalue weighted by molar-refractivity contribution is 8.00. The monoisotopic (exact) mass is 547 g/mol. The molecule has 0 aliphatic carbocycles. The lowest BCUT2D eigenvalue weighted by molar-refractivity contribution is -0.117. The summed E-state index contributed by atoms with van der Waals surface area (Å²) in [4.78, 5) is 27.7. The number of aliphatic hydroxyl groups is 1. The maximum Gasteiger partial charge on any atom is 0.296 e. The van der Waals surface area contributed by atoms with Crippen LogP contribution >= 0.6 is 23.1 Å². The average Bonchev–Trinajstić information content (AvgIpc) is 3.50. The van der Waals surface area contributed by atoms with E-state index in [4.69, 9.17) is 0 Å². The van der Waals surface area contributed by atoms with Crippen LogP contribution in [0.4, 0.5) is 13.9 Å². The van der Waals surface area contributed by atoms with Gasteiger partial charge < -0.3 is 5.11 Å². The Labute approximate surface area is 225 Å². The lowest BCUT2D eigenvalue weighted by Crippen LogP contribution is -2.30. The second-order valence-corrected chi connectivity index (χ2v) is 10.4. The Morgan fingerprint density at radius 2 is 1.71 bits per heavy atom. The number of ketones is 1. The van der Waals surface area contributed by atoms with E-state index in [1.807, 2.05) is 30.3 Å². The van der Waals surface area contributed by atoms with Crippen LogP contribution in [0.25, 0.3) is 6.08 Å². The first kappa shape index (κ1) is 25.5. The van der Waals surface area contributed by atoms with Gasteiger partial charge in [-0.15, -0.1) is 10.2 Å². The van der Waals surface area contributed by atoms with Crippen molar-refractivity contribution in [2.24, 2.45) is 0 Å². The fourth-order valence-electron chi connectivity index (χ4n) is 3.95. The summed E-state index contributed by atoms with van der Waals surface area (Å²) in [6.45, 7) is 0. The number of aromatic nitrogens is 2. The third kappa shape index (κ3) is 5.27. The predicted octanol–water partition coefficient (Wildman–Crippen LogP) is 6.29. The molecule has 0 radical (unpaired) electrons. The predicted molar refractivity (Wildman–Crippen MR) is 143 cm³/mol. The van der Waals surface area contributed by atoms with Crippen LogP contribution in [0.1, 0.15) is 22.7 Å². The summed E-state index contributed by atoms with van der Waals surface area (Å²) in [6.07, 6.45) is 2.86. The van der Waals surface area contributed by atoms with E-state index >= 15 is 0 Å². The van der Waals surface area contributed by atoms with Gasteiger partial charge in [0.1, 0.15) is 11.6 Å². The molecule has 0 fully saturated rings. The van der Waals surface area contributed by atoms with Crippen LogP contribution in [0.3, 0.4) is 0 Å². The third-order valence-electron chi connectivity index (χ3n) is 5.80. The Morgan fingerprint density at radius 1 is 1.00 bits per heavy atom. The molecule has 0 bridgehead atoms. The summed E-state index contributed by atoms with van der Waals surface area (Å²) >= 11 is 2.31. The molecule has 1 unspecified atom stereocenters. The molecule has 1 aliphatic rings. The molecule has 4 aromatic rings. The second-order valence-electron chi connectivity index (χ2n) is 8.23. The normalized spacial score (nSPS) is 15.6. The summed E-state index contributed by atoms with van der Waals surface area (Å²) in [5.41, 5.74) is 1.52. The van der Waals surface area contributed by atoms with Crippen LogP contribution in [0.15, 0.2) is 101 Å². The molecule has 2 heterocycles. The maximum atomic E-state index is 14.0. The Morgan fingerprint density at radius 3 is 2.45 bits per heavy atom. The van der Waals surface area contributed by atoms with E-state index in [0.717, 1.165) is 16.9 Å². The molecule has 6 nitrogen and oxygen atoms in total. The number of nitrogens with zero attached hydrogens (tertiary/aromatic N) is 3. The number of hydrogen-bond donors (Lipinski definition) is 1. The summed E-state index contributed by atoms with van der Waals surface area (Å²) in [5.74, 6) is -2.63. The Bertz CT molecular complexity index is 1550. The van der Waals surface area contributed by atoms with E-state index in [-0.39, 0.29) is 16.5 Å². The molecule has 1 atom stereocenters. The topological polar surface area (TPSA) is 83.4 Å². The van der Waals surface area contributed by atoms with Gasteiger partial charge in [-0.25, -0.2) is 8.78 Å². The number of carbonyl (C=O) groups is 2. The summed E-state index contributed by atoms with van der Waals surface area (Å²) in [6, 6.07) is 19.8. The third-order valence-corrected chi connectivity index (χ3v) is 7.90. The number of aliphatic hydroxyl groups excluding tert-OH is 1. The SMILES string of the molecule is O=C(/C=C/c1ccccc1)C1=C(O)C(=O)N(c2nnc(SCc3ccccc3F)s2)C1c1ccc(F)cc1. The van der Waals surface area contributed by atoms with Crippen LogP contribution in [0.5, 0.6) is 0 Å². The van der Waals surface area contributed by atoms with Crippen LogP contribution in [0.2, 0.25) is 0 Å². The van der Waals surface area contributed by atoms with E-state index in [2.05, 4.69) is 10.2 Å². The highest BCUT2D eigenvalue weighted by Crippen LogP contribution is 2.43. The van der Waals surface area contributed by atoms with Gasteiger partial charge in [-0.1, -0.05) is 89.8 Å². The van der Waals surface area contributed by atoms with Crippen molar-refractivity contribution in [3.63, 3.8) is 0 Å².